The smallest absolute Gasteiger partial charge is 0.322 e. The van der Waals surface area contributed by atoms with Gasteiger partial charge in [0.15, 0.2) is 5.79 Å². The second-order valence-electron chi connectivity index (χ2n) is 3.92. The second kappa shape index (κ2) is 5.35. The minimum absolute atomic E-state index is 0.0960. The number of carbonyl (C=O) groups excluding carboxylic acids is 1. The summed E-state index contributed by atoms with van der Waals surface area (Å²) in [6.45, 7) is 0. The summed E-state index contributed by atoms with van der Waals surface area (Å²) < 4.78 is 5.21. The fourth-order valence-corrected chi connectivity index (χ4v) is 1.74. The lowest BCUT2D eigenvalue weighted by Crippen LogP contribution is -2.66. The Bertz CT molecular complexity index is 651. The van der Waals surface area contributed by atoms with Gasteiger partial charge in [-0.05, 0) is 18.2 Å². The van der Waals surface area contributed by atoms with Crippen LogP contribution in [0.3, 0.4) is 0 Å². The fraction of sp³-hybridized carbons (Fsp3) is 0.100. The number of carbonyl (C=O) groups is 1. The maximum absolute atomic E-state index is 11.4. The van der Waals surface area contributed by atoms with Crippen molar-refractivity contribution < 1.29 is 9.21 Å². The van der Waals surface area contributed by atoms with Crippen molar-refractivity contribution in [2.45, 2.75) is 5.79 Å². The normalized spacial score (nSPS) is 11.4. The highest BCUT2D eigenvalue weighted by atomic mass is 35.5. The van der Waals surface area contributed by atoms with Crippen molar-refractivity contribution >= 4 is 35.1 Å². The molecule has 0 radical (unpaired) electrons. The van der Waals surface area contributed by atoms with Gasteiger partial charge in [0.25, 0.3) is 11.8 Å². The van der Waals surface area contributed by atoms with Gasteiger partial charge in [0, 0.05) is 5.02 Å². The predicted octanol–water partition coefficient (Wildman–Crippen LogP) is 0.512. The lowest BCUT2D eigenvalue weighted by Gasteiger charge is -2.15. The highest BCUT2D eigenvalue weighted by molar-refractivity contribution is 6.36. The number of halogens is 2. The van der Waals surface area contributed by atoms with E-state index < -0.39 is 11.7 Å². The first-order valence-electron chi connectivity index (χ1n) is 5.24. The molecule has 1 heterocycles. The van der Waals surface area contributed by atoms with Crippen molar-refractivity contribution in [1.29, 1.82) is 0 Å². The van der Waals surface area contributed by atoms with E-state index in [1.165, 1.54) is 6.07 Å². The van der Waals surface area contributed by atoms with Gasteiger partial charge in [0.1, 0.15) is 0 Å². The van der Waals surface area contributed by atoms with E-state index in [9.17, 15) is 4.79 Å². The molecule has 0 saturated carbocycles. The summed E-state index contributed by atoms with van der Waals surface area (Å²) in [7, 11) is 0. The molecule has 0 bridgehead atoms. The molecule has 0 saturated heterocycles. The largest absolute Gasteiger partial charge is 0.403 e. The molecule has 0 aliphatic heterocycles. The molecule has 1 aromatic carbocycles. The molecule has 2 aromatic rings. The zero-order valence-corrected chi connectivity index (χ0v) is 11.4. The molecule has 0 unspecified atom stereocenters. The molecule has 0 aliphatic rings. The summed E-state index contributed by atoms with van der Waals surface area (Å²) >= 11 is 11.8. The van der Waals surface area contributed by atoms with Crippen molar-refractivity contribution in [3.05, 3.63) is 28.2 Å². The summed E-state index contributed by atoms with van der Waals surface area (Å²) in [5, 5.41) is 10.3. The number of nitrogens with one attached hydrogen (secondary N) is 1. The van der Waals surface area contributed by atoms with E-state index in [4.69, 9.17) is 44.8 Å². The van der Waals surface area contributed by atoms with Crippen LogP contribution in [0, 0.1) is 0 Å². The van der Waals surface area contributed by atoms with E-state index >= 15 is 0 Å². The Morgan fingerprint density at radius 2 is 1.95 bits per heavy atom. The number of hydrogen-bond acceptors (Lipinski definition) is 7. The zero-order chi connectivity index (χ0) is 14.9. The molecule has 1 aromatic heterocycles. The average molecular weight is 317 g/mol. The van der Waals surface area contributed by atoms with Gasteiger partial charge in [-0.25, -0.2) is 0 Å². The number of nitrogens with zero attached hydrogens (tertiary/aromatic N) is 2. The van der Waals surface area contributed by atoms with E-state index in [-0.39, 0.29) is 11.9 Å². The molecule has 106 valence electrons. The second-order valence-corrected chi connectivity index (χ2v) is 4.77. The Labute approximate surface area is 123 Å². The van der Waals surface area contributed by atoms with Crippen LogP contribution >= 0.6 is 23.2 Å². The molecule has 0 atom stereocenters. The van der Waals surface area contributed by atoms with Gasteiger partial charge < -0.3 is 4.42 Å². The number of anilines is 1. The Morgan fingerprint density at radius 1 is 1.25 bits per heavy atom. The van der Waals surface area contributed by atoms with Crippen LogP contribution in [0.25, 0.3) is 11.5 Å². The predicted molar refractivity (Wildman–Crippen MR) is 73.7 cm³/mol. The van der Waals surface area contributed by atoms with E-state index in [0.29, 0.717) is 15.6 Å². The zero-order valence-electron chi connectivity index (χ0n) is 9.93. The van der Waals surface area contributed by atoms with Gasteiger partial charge in [0.05, 0.1) is 10.6 Å². The van der Waals surface area contributed by atoms with Crippen LogP contribution < -0.4 is 22.5 Å². The Balaban J connectivity index is 2.23. The fourth-order valence-electron chi connectivity index (χ4n) is 1.25. The third kappa shape index (κ3) is 3.24. The summed E-state index contributed by atoms with van der Waals surface area (Å²) in [4.78, 5) is 11.4. The molecule has 0 aliphatic carbocycles. The number of rotatable bonds is 3. The summed E-state index contributed by atoms with van der Waals surface area (Å²) in [6, 6.07) is 4.52. The Hall–Kier alpha value is -1.71. The number of amides is 1. The third-order valence-electron chi connectivity index (χ3n) is 2.20. The molecular weight excluding hydrogens is 307 g/mol. The summed E-state index contributed by atoms with van der Waals surface area (Å²) in [5.41, 5.74) is 16.1. The first-order valence-corrected chi connectivity index (χ1v) is 6.00. The average Bonchev–Trinajstić information content (AvgIpc) is 2.76. The highest BCUT2D eigenvalue weighted by Gasteiger charge is 2.25. The van der Waals surface area contributed by atoms with Crippen molar-refractivity contribution in [1.82, 2.24) is 10.2 Å². The molecule has 0 fully saturated rings. The minimum atomic E-state index is -2.05. The maximum Gasteiger partial charge on any atom is 0.322 e. The maximum atomic E-state index is 11.4. The monoisotopic (exact) mass is 316 g/mol. The lowest BCUT2D eigenvalue weighted by molar-refractivity contribution is -0.121. The van der Waals surface area contributed by atoms with Gasteiger partial charge >= 0.3 is 6.01 Å². The molecule has 2 rings (SSSR count). The molecule has 0 spiro atoms. The Morgan fingerprint density at radius 3 is 2.55 bits per heavy atom. The van der Waals surface area contributed by atoms with Gasteiger partial charge in [-0.1, -0.05) is 28.3 Å². The van der Waals surface area contributed by atoms with Crippen LogP contribution in [-0.2, 0) is 4.79 Å². The van der Waals surface area contributed by atoms with Gasteiger partial charge in [-0.2, -0.15) is 0 Å². The Kier molecular flexibility index (Phi) is 3.93. The van der Waals surface area contributed by atoms with Crippen LogP contribution in [-0.4, -0.2) is 21.9 Å². The first kappa shape index (κ1) is 14.7. The molecule has 7 N–H and O–H groups in total. The molecular formula is C10H10Cl2N6O2. The van der Waals surface area contributed by atoms with Gasteiger partial charge in [-0.3, -0.25) is 27.3 Å². The third-order valence-corrected chi connectivity index (χ3v) is 2.75. The molecule has 20 heavy (non-hydrogen) atoms. The quantitative estimate of drug-likeness (QED) is 0.603. The SMILES string of the molecule is NC(N)(N)C(=O)Nc1nnc(-c2ccc(Cl)cc2Cl)o1. The van der Waals surface area contributed by atoms with Gasteiger partial charge in [0.2, 0.25) is 0 Å². The van der Waals surface area contributed by atoms with E-state index in [0.717, 1.165) is 0 Å². The number of nitrogens with two attached hydrogens (primary N) is 3. The van der Waals surface area contributed by atoms with Crippen molar-refractivity contribution in [2.24, 2.45) is 17.2 Å². The van der Waals surface area contributed by atoms with Crippen LogP contribution in [0.15, 0.2) is 22.6 Å². The first-order chi connectivity index (χ1) is 9.27. The number of hydrogen-bond donors (Lipinski definition) is 4. The standard InChI is InChI=1S/C10H10Cl2N6O2/c11-4-1-2-5(6(12)3-4)7-17-18-9(20-7)16-8(19)10(13,14)15/h1-3H,13-15H2,(H,16,18,19). The molecule has 10 heteroatoms. The minimum Gasteiger partial charge on any atom is -0.403 e. The van der Waals surface area contributed by atoms with Crippen LogP contribution in [0.2, 0.25) is 10.0 Å². The topological polar surface area (TPSA) is 146 Å². The van der Waals surface area contributed by atoms with Crippen LogP contribution in [0.4, 0.5) is 6.01 Å². The van der Waals surface area contributed by atoms with E-state index in [1.54, 1.807) is 12.1 Å². The molecule has 8 nitrogen and oxygen atoms in total. The van der Waals surface area contributed by atoms with E-state index in [2.05, 4.69) is 15.5 Å². The van der Waals surface area contributed by atoms with Crippen molar-refractivity contribution in [3.8, 4) is 11.5 Å². The van der Waals surface area contributed by atoms with Gasteiger partial charge in [-0.15, -0.1) is 5.10 Å². The van der Waals surface area contributed by atoms with Crippen molar-refractivity contribution in [2.75, 3.05) is 5.32 Å². The number of aromatic nitrogens is 2. The van der Waals surface area contributed by atoms with Crippen molar-refractivity contribution in [3.63, 3.8) is 0 Å². The summed E-state index contributed by atoms with van der Waals surface area (Å²) in [6.07, 6.45) is 0. The molecule has 1 amide bonds. The van der Waals surface area contributed by atoms with Crippen LogP contribution in [0.5, 0.6) is 0 Å². The highest BCUT2D eigenvalue weighted by Crippen LogP contribution is 2.30. The van der Waals surface area contributed by atoms with E-state index in [1.807, 2.05) is 0 Å². The lowest BCUT2D eigenvalue weighted by atomic mass is 10.2. The van der Waals surface area contributed by atoms with Crippen LogP contribution in [0.1, 0.15) is 0 Å². The number of benzene rings is 1. The summed E-state index contributed by atoms with van der Waals surface area (Å²) in [5.74, 6) is -2.83.